The van der Waals surface area contributed by atoms with Crippen molar-refractivity contribution in [3.8, 4) is 0 Å². The number of rotatable bonds is 6. The van der Waals surface area contributed by atoms with Crippen LogP contribution in [0.5, 0.6) is 0 Å². The van der Waals surface area contributed by atoms with Crippen LogP contribution >= 0.6 is 0 Å². The van der Waals surface area contributed by atoms with E-state index in [1.165, 1.54) is 38.6 Å². The Morgan fingerprint density at radius 3 is 2.23 bits per heavy atom. The lowest BCUT2D eigenvalue weighted by Gasteiger charge is -2.19. The average Bonchev–Trinajstić information content (AvgIpc) is 2.98. The fourth-order valence-corrected chi connectivity index (χ4v) is 2.31. The quantitative estimate of drug-likeness (QED) is 0.664. The molecule has 1 N–H and O–H groups in total. The minimum atomic E-state index is 0.834. The Bertz CT molecular complexity index is 159. The predicted molar refractivity (Wildman–Crippen MR) is 56.7 cm³/mol. The molecule has 76 valence electrons. The zero-order valence-electron chi connectivity index (χ0n) is 9.05. The molecule has 0 aromatic heterocycles. The minimum absolute atomic E-state index is 0.834. The Hall–Kier alpha value is -0.0400. The summed E-state index contributed by atoms with van der Waals surface area (Å²) in [6, 6.07) is 0.834. The van der Waals surface area contributed by atoms with Crippen LogP contribution in [0.15, 0.2) is 0 Å². The second-order valence-electron chi connectivity index (χ2n) is 5.08. The van der Waals surface area contributed by atoms with E-state index in [0.29, 0.717) is 0 Å². The summed E-state index contributed by atoms with van der Waals surface area (Å²) in [5.74, 6) is 3.01. The topological polar surface area (TPSA) is 12.0 Å². The van der Waals surface area contributed by atoms with Gasteiger partial charge in [-0.25, -0.2) is 0 Å². The third-order valence-electron chi connectivity index (χ3n) is 3.76. The normalized spacial score (nSPS) is 27.2. The second-order valence-corrected chi connectivity index (χ2v) is 5.08. The standard InChI is InChI=1S/C12H23N/c1-3-12(11-6-7-11)13-8-9(2)10-4-5-10/h9-13H,3-8H2,1-2H3. The fraction of sp³-hybridized carbons (Fsp3) is 1.00. The molecule has 2 unspecified atom stereocenters. The molecule has 0 aromatic rings. The lowest BCUT2D eigenvalue weighted by atomic mass is 10.0. The number of nitrogens with one attached hydrogen (secondary N) is 1. The Balaban J connectivity index is 1.63. The second kappa shape index (κ2) is 4.00. The van der Waals surface area contributed by atoms with Gasteiger partial charge < -0.3 is 5.32 Å². The lowest BCUT2D eigenvalue weighted by molar-refractivity contribution is 0.384. The summed E-state index contributed by atoms with van der Waals surface area (Å²) in [7, 11) is 0. The van der Waals surface area contributed by atoms with Gasteiger partial charge in [0.15, 0.2) is 0 Å². The van der Waals surface area contributed by atoms with Gasteiger partial charge in [0.05, 0.1) is 0 Å². The minimum Gasteiger partial charge on any atom is -0.313 e. The van der Waals surface area contributed by atoms with Gasteiger partial charge in [0, 0.05) is 6.04 Å². The van der Waals surface area contributed by atoms with Crippen molar-refractivity contribution in [1.82, 2.24) is 5.32 Å². The van der Waals surface area contributed by atoms with Crippen LogP contribution in [0.1, 0.15) is 46.0 Å². The van der Waals surface area contributed by atoms with Crippen LogP contribution < -0.4 is 5.32 Å². The summed E-state index contributed by atoms with van der Waals surface area (Å²) in [4.78, 5) is 0. The van der Waals surface area contributed by atoms with Crippen LogP contribution in [-0.4, -0.2) is 12.6 Å². The summed E-state index contributed by atoms with van der Waals surface area (Å²) in [5, 5.41) is 3.75. The van der Waals surface area contributed by atoms with Crippen LogP contribution in [0.3, 0.4) is 0 Å². The van der Waals surface area contributed by atoms with Gasteiger partial charge in [0.25, 0.3) is 0 Å². The smallest absolute Gasteiger partial charge is 0.00928 e. The van der Waals surface area contributed by atoms with E-state index in [1.54, 1.807) is 0 Å². The molecule has 0 heterocycles. The molecule has 2 saturated carbocycles. The highest BCUT2D eigenvalue weighted by Gasteiger charge is 2.32. The summed E-state index contributed by atoms with van der Waals surface area (Å²) in [6.07, 6.45) is 7.25. The first-order valence-corrected chi connectivity index (χ1v) is 6.04. The molecule has 2 rings (SSSR count). The maximum atomic E-state index is 3.75. The molecule has 0 spiro atoms. The molecule has 1 nitrogen and oxygen atoms in total. The first-order chi connectivity index (χ1) is 6.31. The molecule has 13 heavy (non-hydrogen) atoms. The van der Waals surface area contributed by atoms with E-state index in [1.807, 2.05) is 0 Å². The molecule has 2 fully saturated rings. The molecular formula is C12H23N. The van der Waals surface area contributed by atoms with Crippen molar-refractivity contribution in [3.63, 3.8) is 0 Å². The van der Waals surface area contributed by atoms with Crippen LogP contribution in [0.4, 0.5) is 0 Å². The van der Waals surface area contributed by atoms with Crippen molar-refractivity contribution in [2.75, 3.05) is 6.54 Å². The Morgan fingerprint density at radius 1 is 1.15 bits per heavy atom. The maximum Gasteiger partial charge on any atom is 0.00928 e. The molecular weight excluding hydrogens is 158 g/mol. The van der Waals surface area contributed by atoms with E-state index in [2.05, 4.69) is 19.2 Å². The van der Waals surface area contributed by atoms with Crippen LogP contribution in [-0.2, 0) is 0 Å². The molecule has 1 heteroatoms. The van der Waals surface area contributed by atoms with Crippen LogP contribution in [0.25, 0.3) is 0 Å². The van der Waals surface area contributed by atoms with Crippen molar-refractivity contribution in [2.45, 2.75) is 52.0 Å². The van der Waals surface area contributed by atoms with Gasteiger partial charge in [-0.1, -0.05) is 13.8 Å². The highest BCUT2D eigenvalue weighted by molar-refractivity contribution is 4.87. The van der Waals surface area contributed by atoms with E-state index in [0.717, 1.165) is 23.8 Å². The molecule has 0 aromatic carbocycles. The first kappa shape index (κ1) is 9.51. The molecule has 2 atom stereocenters. The van der Waals surface area contributed by atoms with E-state index in [-0.39, 0.29) is 0 Å². The third-order valence-corrected chi connectivity index (χ3v) is 3.76. The molecule has 0 aliphatic heterocycles. The summed E-state index contributed by atoms with van der Waals surface area (Å²) >= 11 is 0. The molecule has 0 saturated heterocycles. The monoisotopic (exact) mass is 181 g/mol. The van der Waals surface area contributed by atoms with Gasteiger partial charge in [-0.05, 0) is 56.4 Å². The summed E-state index contributed by atoms with van der Waals surface area (Å²) in [5.41, 5.74) is 0. The van der Waals surface area contributed by atoms with E-state index >= 15 is 0 Å². The third kappa shape index (κ3) is 2.70. The van der Waals surface area contributed by atoms with Gasteiger partial charge in [-0.15, -0.1) is 0 Å². The van der Waals surface area contributed by atoms with E-state index in [4.69, 9.17) is 0 Å². The maximum absolute atomic E-state index is 3.75. The van der Waals surface area contributed by atoms with Crippen molar-refractivity contribution in [3.05, 3.63) is 0 Å². The first-order valence-electron chi connectivity index (χ1n) is 6.04. The van der Waals surface area contributed by atoms with Crippen molar-refractivity contribution in [2.24, 2.45) is 17.8 Å². The van der Waals surface area contributed by atoms with Crippen LogP contribution in [0.2, 0.25) is 0 Å². The summed E-state index contributed by atoms with van der Waals surface area (Å²) < 4.78 is 0. The SMILES string of the molecule is CCC(NCC(C)C1CC1)C1CC1. The predicted octanol–water partition coefficient (Wildman–Crippen LogP) is 2.81. The van der Waals surface area contributed by atoms with Crippen LogP contribution in [0, 0.1) is 17.8 Å². The van der Waals surface area contributed by atoms with Crippen molar-refractivity contribution in [1.29, 1.82) is 0 Å². The fourth-order valence-electron chi connectivity index (χ4n) is 2.31. The van der Waals surface area contributed by atoms with E-state index in [9.17, 15) is 0 Å². The summed E-state index contributed by atoms with van der Waals surface area (Å²) in [6.45, 7) is 5.99. The molecule has 0 radical (unpaired) electrons. The zero-order valence-corrected chi connectivity index (χ0v) is 9.05. The highest BCUT2D eigenvalue weighted by Crippen LogP contribution is 2.37. The van der Waals surface area contributed by atoms with Gasteiger partial charge in [-0.2, -0.15) is 0 Å². The number of hydrogen-bond donors (Lipinski definition) is 1. The molecule has 2 aliphatic carbocycles. The van der Waals surface area contributed by atoms with E-state index < -0.39 is 0 Å². The Labute approximate surface area is 82.3 Å². The Morgan fingerprint density at radius 2 is 1.77 bits per heavy atom. The molecule has 2 aliphatic rings. The Kier molecular flexibility index (Phi) is 2.92. The van der Waals surface area contributed by atoms with Gasteiger partial charge >= 0.3 is 0 Å². The highest BCUT2D eigenvalue weighted by atomic mass is 14.9. The van der Waals surface area contributed by atoms with Crippen molar-refractivity contribution < 1.29 is 0 Å². The van der Waals surface area contributed by atoms with Crippen molar-refractivity contribution >= 4 is 0 Å². The zero-order chi connectivity index (χ0) is 9.26. The average molecular weight is 181 g/mol. The molecule has 0 amide bonds. The van der Waals surface area contributed by atoms with Gasteiger partial charge in [0.1, 0.15) is 0 Å². The lowest BCUT2D eigenvalue weighted by Crippen LogP contribution is -2.34. The van der Waals surface area contributed by atoms with Gasteiger partial charge in [-0.3, -0.25) is 0 Å². The molecule has 0 bridgehead atoms. The van der Waals surface area contributed by atoms with Gasteiger partial charge in [0.2, 0.25) is 0 Å². The number of hydrogen-bond acceptors (Lipinski definition) is 1. The largest absolute Gasteiger partial charge is 0.313 e.